The highest BCUT2D eigenvalue weighted by Gasteiger charge is 2.46. The lowest BCUT2D eigenvalue weighted by Crippen LogP contribution is -2.45. The Morgan fingerprint density at radius 1 is 1.23 bits per heavy atom. The molecular weight excluding hydrogens is 456 g/mol. The number of rotatable bonds is 4. The summed E-state index contributed by atoms with van der Waals surface area (Å²) in [5.41, 5.74) is 0.261. The van der Waals surface area contributed by atoms with Gasteiger partial charge in [0.2, 0.25) is 10.0 Å². The first-order chi connectivity index (χ1) is 14.4. The topological polar surface area (TPSA) is 75.5 Å². The van der Waals surface area contributed by atoms with Gasteiger partial charge in [-0.1, -0.05) is 32.4 Å². The van der Waals surface area contributed by atoms with Crippen LogP contribution in [0.2, 0.25) is 4.34 Å². The van der Waals surface area contributed by atoms with Crippen LogP contribution in [0.1, 0.15) is 62.9 Å². The number of halogens is 1. The molecule has 2 unspecified atom stereocenters. The molecule has 2 atom stereocenters. The zero-order valence-electron chi connectivity index (χ0n) is 18.5. The van der Waals surface area contributed by atoms with Crippen molar-refractivity contribution in [2.24, 2.45) is 5.41 Å². The minimum Gasteiger partial charge on any atom is -0.321 e. The van der Waals surface area contributed by atoms with Crippen molar-refractivity contribution in [2.75, 3.05) is 18.2 Å². The molecule has 2 bridgehead atoms. The average molecular weight is 485 g/mol. The van der Waals surface area contributed by atoms with Gasteiger partial charge in [0.25, 0.3) is 5.91 Å². The van der Waals surface area contributed by atoms with E-state index < -0.39 is 15.4 Å². The van der Waals surface area contributed by atoms with Crippen LogP contribution in [0.25, 0.3) is 0 Å². The van der Waals surface area contributed by atoms with Gasteiger partial charge in [0.05, 0.1) is 21.3 Å². The first-order valence-corrected chi connectivity index (χ1v) is 13.5. The van der Waals surface area contributed by atoms with Crippen molar-refractivity contribution in [3.05, 3.63) is 28.2 Å². The van der Waals surface area contributed by atoms with Crippen molar-refractivity contribution in [3.8, 4) is 0 Å². The molecule has 0 N–H and O–H groups in total. The van der Waals surface area contributed by atoms with Crippen LogP contribution in [0.4, 0.5) is 10.8 Å². The van der Waals surface area contributed by atoms with Gasteiger partial charge in [-0.3, -0.25) is 4.79 Å². The van der Waals surface area contributed by atoms with Crippen molar-refractivity contribution >= 4 is 49.7 Å². The molecule has 2 saturated heterocycles. The van der Waals surface area contributed by atoms with Gasteiger partial charge in [-0.15, -0.1) is 11.3 Å². The standard InChI is InChI=1S/C21H29ClN4O3S2/c1-21(2,3)20(27)25-18(24(4)19-9-8-17(22)30-19)12-16(23-25)13-10-14-6-7-15(11-13)26(14)31(5,28)29/h8-9,12-15H,6-7,10-11H2,1-5H3. The Kier molecular flexibility index (Phi) is 5.77. The lowest BCUT2D eigenvalue weighted by molar-refractivity contribution is 0.0750. The fourth-order valence-electron chi connectivity index (χ4n) is 4.81. The molecule has 4 rings (SSSR count). The molecule has 2 aromatic rings. The number of anilines is 2. The summed E-state index contributed by atoms with van der Waals surface area (Å²) in [5.74, 6) is 0.745. The number of nitrogens with zero attached hydrogens (tertiary/aromatic N) is 4. The molecule has 0 saturated carbocycles. The number of hydrogen-bond donors (Lipinski definition) is 0. The maximum absolute atomic E-state index is 13.2. The highest BCUT2D eigenvalue weighted by Crippen LogP contribution is 2.45. The molecule has 0 amide bonds. The van der Waals surface area contributed by atoms with Gasteiger partial charge in [-0.2, -0.15) is 14.1 Å². The van der Waals surface area contributed by atoms with Crippen molar-refractivity contribution in [3.63, 3.8) is 0 Å². The van der Waals surface area contributed by atoms with E-state index in [1.54, 1.807) is 4.31 Å². The quantitative estimate of drug-likeness (QED) is 0.627. The third kappa shape index (κ3) is 4.29. The van der Waals surface area contributed by atoms with Crippen LogP contribution < -0.4 is 4.90 Å². The van der Waals surface area contributed by atoms with Crippen LogP contribution >= 0.6 is 22.9 Å². The lowest BCUT2D eigenvalue weighted by atomic mass is 9.90. The van der Waals surface area contributed by atoms with E-state index in [9.17, 15) is 13.2 Å². The second-order valence-corrected chi connectivity index (χ2v) is 13.3. The third-order valence-corrected chi connectivity index (χ3v) is 8.91. The Labute approximate surface area is 193 Å². The van der Waals surface area contributed by atoms with Crippen molar-refractivity contribution in [2.45, 2.75) is 64.5 Å². The van der Waals surface area contributed by atoms with Crippen molar-refractivity contribution in [1.82, 2.24) is 14.1 Å². The largest absolute Gasteiger partial charge is 0.321 e. The highest BCUT2D eigenvalue weighted by atomic mass is 35.5. The lowest BCUT2D eigenvalue weighted by Gasteiger charge is -2.36. The molecule has 31 heavy (non-hydrogen) atoms. The molecule has 10 heteroatoms. The van der Waals surface area contributed by atoms with Gasteiger partial charge in [0.1, 0.15) is 5.82 Å². The summed E-state index contributed by atoms with van der Waals surface area (Å²) in [6.07, 6.45) is 4.54. The summed E-state index contributed by atoms with van der Waals surface area (Å²) in [5, 5.41) is 5.69. The Hall–Kier alpha value is -1.42. The van der Waals surface area contributed by atoms with E-state index in [1.807, 2.05) is 50.9 Å². The SMILES string of the molecule is CN(c1ccc(Cl)s1)c1cc(C2CC3CCC(C2)N3S(C)(=O)=O)nn1C(=O)C(C)(C)C. The molecule has 0 aliphatic carbocycles. The van der Waals surface area contributed by atoms with E-state index in [1.165, 1.54) is 22.3 Å². The molecule has 0 spiro atoms. The predicted octanol–water partition coefficient (Wildman–Crippen LogP) is 4.72. The summed E-state index contributed by atoms with van der Waals surface area (Å²) in [6, 6.07) is 5.77. The first-order valence-electron chi connectivity index (χ1n) is 10.5. The van der Waals surface area contributed by atoms with Crippen LogP contribution in [0.3, 0.4) is 0 Å². The number of sulfonamides is 1. The zero-order chi connectivity index (χ0) is 22.7. The fraction of sp³-hybridized carbons (Fsp3) is 0.619. The number of carbonyl (C=O) groups excluding carboxylic acids is 1. The highest BCUT2D eigenvalue weighted by molar-refractivity contribution is 7.88. The molecule has 2 aliphatic heterocycles. The van der Waals surface area contributed by atoms with E-state index in [0.717, 1.165) is 36.4 Å². The molecule has 2 fully saturated rings. The molecule has 2 aliphatic rings. The van der Waals surface area contributed by atoms with Crippen molar-refractivity contribution in [1.29, 1.82) is 0 Å². The van der Waals surface area contributed by atoms with Gasteiger partial charge in [-0.25, -0.2) is 8.42 Å². The normalized spacial score (nSPS) is 24.5. The van der Waals surface area contributed by atoms with Crippen LogP contribution in [-0.2, 0) is 10.0 Å². The van der Waals surface area contributed by atoms with Gasteiger partial charge in [0, 0.05) is 36.5 Å². The van der Waals surface area contributed by atoms with E-state index in [-0.39, 0.29) is 23.9 Å². The molecular formula is C21H29ClN4O3S2. The van der Waals surface area contributed by atoms with Gasteiger partial charge >= 0.3 is 0 Å². The number of aromatic nitrogens is 2. The Balaban J connectivity index is 1.70. The summed E-state index contributed by atoms with van der Waals surface area (Å²) in [7, 11) is -1.31. The fourth-order valence-corrected chi connectivity index (χ4v) is 7.28. The predicted molar refractivity (Wildman–Crippen MR) is 125 cm³/mol. The van der Waals surface area contributed by atoms with Crippen LogP contribution in [0, 0.1) is 5.41 Å². The number of thiophene rings is 1. The first kappa shape index (κ1) is 22.8. The molecule has 7 nitrogen and oxygen atoms in total. The maximum Gasteiger partial charge on any atom is 0.254 e. The minimum absolute atomic E-state index is 0.0134. The number of piperidine rings is 1. The monoisotopic (exact) mass is 484 g/mol. The van der Waals surface area contributed by atoms with E-state index in [2.05, 4.69) is 0 Å². The smallest absolute Gasteiger partial charge is 0.254 e. The Bertz CT molecular complexity index is 1090. The summed E-state index contributed by atoms with van der Waals surface area (Å²) >= 11 is 7.57. The summed E-state index contributed by atoms with van der Waals surface area (Å²) in [4.78, 5) is 15.2. The molecule has 2 aromatic heterocycles. The zero-order valence-corrected chi connectivity index (χ0v) is 20.9. The Morgan fingerprint density at radius 3 is 2.32 bits per heavy atom. The number of hydrogen-bond acceptors (Lipinski definition) is 6. The van der Waals surface area contributed by atoms with Crippen LogP contribution in [-0.4, -0.2) is 53.8 Å². The van der Waals surface area contributed by atoms with Crippen LogP contribution in [0.5, 0.6) is 0 Å². The van der Waals surface area contributed by atoms with E-state index in [0.29, 0.717) is 10.2 Å². The summed E-state index contributed by atoms with van der Waals surface area (Å²) in [6.45, 7) is 5.65. The number of carbonyl (C=O) groups is 1. The van der Waals surface area contributed by atoms with Gasteiger partial charge < -0.3 is 4.90 Å². The third-order valence-electron chi connectivity index (χ3n) is 6.24. The molecule has 4 heterocycles. The van der Waals surface area contributed by atoms with Crippen molar-refractivity contribution < 1.29 is 13.2 Å². The molecule has 0 aromatic carbocycles. The van der Waals surface area contributed by atoms with Crippen LogP contribution in [0.15, 0.2) is 18.2 Å². The van der Waals surface area contributed by atoms with Gasteiger partial charge in [-0.05, 0) is 37.8 Å². The number of fused-ring (bicyclic) bond motifs is 2. The van der Waals surface area contributed by atoms with E-state index in [4.69, 9.17) is 16.7 Å². The van der Waals surface area contributed by atoms with Gasteiger partial charge in [0.15, 0.2) is 0 Å². The molecule has 0 radical (unpaired) electrons. The maximum atomic E-state index is 13.2. The Morgan fingerprint density at radius 2 is 1.84 bits per heavy atom. The summed E-state index contributed by atoms with van der Waals surface area (Å²) < 4.78 is 28.4. The molecule has 170 valence electrons. The minimum atomic E-state index is -3.22. The van der Waals surface area contributed by atoms with E-state index >= 15 is 0 Å². The average Bonchev–Trinajstić information content (AvgIpc) is 3.35. The second kappa shape index (κ2) is 7.86. The second-order valence-electron chi connectivity index (χ2n) is 9.68.